The van der Waals surface area contributed by atoms with Crippen LogP contribution in [0.4, 0.5) is 17.6 Å². The molecule has 0 spiro atoms. The highest BCUT2D eigenvalue weighted by Gasteiger charge is 2.32. The predicted octanol–water partition coefficient (Wildman–Crippen LogP) is 2.33. The van der Waals surface area contributed by atoms with Crippen molar-refractivity contribution in [2.75, 3.05) is 13.1 Å². The molecule has 2 rings (SSSR count). The largest absolute Gasteiger partial charge is 0.416 e. The molecule has 1 aliphatic rings. The lowest BCUT2D eigenvalue weighted by Crippen LogP contribution is -2.42. The Morgan fingerprint density at radius 3 is 2.45 bits per heavy atom. The zero-order valence-electron chi connectivity index (χ0n) is 10.6. The summed E-state index contributed by atoms with van der Waals surface area (Å²) in [6, 6.07) is 1.76. The molecule has 0 atom stereocenters. The summed E-state index contributed by atoms with van der Waals surface area (Å²) in [5, 5.41) is 5.73. The predicted molar refractivity (Wildman–Crippen MR) is 64.8 cm³/mol. The van der Waals surface area contributed by atoms with Crippen LogP contribution in [0.5, 0.6) is 0 Å². The highest BCUT2D eigenvalue weighted by molar-refractivity contribution is 5.94. The Hall–Kier alpha value is -1.63. The van der Waals surface area contributed by atoms with E-state index in [1.54, 1.807) is 0 Å². The van der Waals surface area contributed by atoms with Gasteiger partial charge >= 0.3 is 6.18 Å². The Balaban J connectivity index is 2.14. The van der Waals surface area contributed by atoms with E-state index in [9.17, 15) is 22.4 Å². The molecule has 1 aromatic carbocycles. The maximum Gasteiger partial charge on any atom is 0.416 e. The van der Waals surface area contributed by atoms with Gasteiger partial charge in [0, 0.05) is 11.6 Å². The van der Waals surface area contributed by atoms with E-state index in [1.807, 2.05) is 0 Å². The molecule has 20 heavy (non-hydrogen) atoms. The van der Waals surface area contributed by atoms with E-state index in [4.69, 9.17) is 0 Å². The van der Waals surface area contributed by atoms with E-state index >= 15 is 0 Å². The van der Waals surface area contributed by atoms with Gasteiger partial charge in [0.25, 0.3) is 5.91 Å². The number of nitrogens with one attached hydrogen (secondary N) is 2. The number of benzene rings is 1. The SMILES string of the molecule is O=C(NC1CCNCC1)c1cc(F)cc(C(F)(F)F)c1. The van der Waals surface area contributed by atoms with Gasteiger partial charge in [0.2, 0.25) is 0 Å². The second kappa shape index (κ2) is 5.78. The Morgan fingerprint density at radius 1 is 1.20 bits per heavy atom. The third-order valence-electron chi connectivity index (χ3n) is 3.16. The summed E-state index contributed by atoms with van der Waals surface area (Å²) in [6.07, 6.45) is -3.27. The van der Waals surface area contributed by atoms with Crippen molar-refractivity contribution in [3.63, 3.8) is 0 Å². The molecule has 1 aromatic rings. The van der Waals surface area contributed by atoms with Crippen LogP contribution in [0.25, 0.3) is 0 Å². The molecule has 1 heterocycles. The van der Waals surface area contributed by atoms with Gasteiger partial charge in [-0.1, -0.05) is 0 Å². The number of carbonyl (C=O) groups excluding carboxylic acids is 1. The molecule has 0 aromatic heterocycles. The number of hydrogen-bond donors (Lipinski definition) is 2. The van der Waals surface area contributed by atoms with Gasteiger partial charge in [-0.2, -0.15) is 13.2 Å². The summed E-state index contributed by atoms with van der Waals surface area (Å²) in [7, 11) is 0. The van der Waals surface area contributed by atoms with Crippen LogP contribution in [0.15, 0.2) is 18.2 Å². The molecular formula is C13H14F4N2O. The standard InChI is InChI=1S/C13H14F4N2O/c14-10-6-8(5-9(7-10)13(15,16)17)12(20)19-11-1-3-18-4-2-11/h5-7,11,18H,1-4H2,(H,19,20). The van der Waals surface area contributed by atoms with Gasteiger partial charge in [0.15, 0.2) is 0 Å². The van der Waals surface area contributed by atoms with Crippen LogP contribution in [-0.2, 0) is 6.18 Å². The summed E-state index contributed by atoms with van der Waals surface area (Å²) in [5.41, 5.74) is -1.47. The topological polar surface area (TPSA) is 41.1 Å². The molecule has 1 fully saturated rings. The molecule has 1 amide bonds. The second-order valence-corrected chi connectivity index (χ2v) is 4.72. The van der Waals surface area contributed by atoms with Gasteiger partial charge in [0.1, 0.15) is 5.82 Å². The van der Waals surface area contributed by atoms with Crippen LogP contribution < -0.4 is 10.6 Å². The lowest BCUT2D eigenvalue weighted by Gasteiger charge is -2.23. The molecule has 0 aliphatic carbocycles. The van der Waals surface area contributed by atoms with Gasteiger partial charge in [-0.15, -0.1) is 0 Å². The molecule has 0 bridgehead atoms. The second-order valence-electron chi connectivity index (χ2n) is 4.72. The molecule has 0 unspecified atom stereocenters. The Morgan fingerprint density at radius 2 is 1.85 bits per heavy atom. The van der Waals surface area contributed by atoms with Crippen molar-refractivity contribution in [3.05, 3.63) is 35.1 Å². The molecule has 0 saturated carbocycles. The summed E-state index contributed by atoms with van der Waals surface area (Å²) in [5.74, 6) is -1.75. The Kier molecular flexibility index (Phi) is 4.27. The lowest BCUT2D eigenvalue weighted by atomic mass is 10.0. The monoisotopic (exact) mass is 290 g/mol. The van der Waals surface area contributed by atoms with Gasteiger partial charge in [-0.05, 0) is 44.1 Å². The third-order valence-corrected chi connectivity index (χ3v) is 3.16. The minimum Gasteiger partial charge on any atom is -0.349 e. The molecule has 1 saturated heterocycles. The van der Waals surface area contributed by atoms with Gasteiger partial charge < -0.3 is 10.6 Å². The fourth-order valence-corrected chi connectivity index (χ4v) is 2.12. The van der Waals surface area contributed by atoms with Crippen LogP contribution in [0.2, 0.25) is 0 Å². The normalized spacial score (nSPS) is 17.0. The van der Waals surface area contributed by atoms with Crippen molar-refractivity contribution in [2.24, 2.45) is 0 Å². The maximum atomic E-state index is 13.2. The average molecular weight is 290 g/mol. The van der Waals surface area contributed by atoms with Crippen LogP contribution in [0.3, 0.4) is 0 Å². The minimum atomic E-state index is -4.67. The van der Waals surface area contributed by atoms with Crippen LogP contribution >= 0.6 is 0 Å². The van der Waals surface area contributed by atoms with Crippen LogP contribution in [0.1, 0.15) is 28.8 Å². The smallest absolute Gasteiger partial charge is 0.349 e. The number of piperidine rings is 1. The summed E-state index contributed by atoms with van der Waals surface area (Å²) < 4.78 is 50.9. The third kappa shape index (κ3) is 3.69. The molecule has 2 N–H and O–H groups in total. The van der Waals surface area contributed by atoms with Gasteiger partial charge in [0.05, 0.1) is 5.56 Å². The van der Waals surface area contributed by atoms with Crippen LogP contribution in [0, 0.1) is 5.82 Å². The van der Waals surface area contributed by atoms with E-state index in [2.05, 4.69) is 10.6 Å². The van der Waals surface area contributed by atoms with E-state index in [1.165, 1.54) is 0 Å². The fraction of sp³-hybridized carbons (Fsp3) is 0.462. The lowest BCUT2D eigenvalue weighted by molar-refractivity contribution is -0.137. The van der Waals surface area contributed by atoms with E-state index in [0.717, 1.165) is 19.2 Å². The van der Waals surface area contributed by atoms with Crippen molar-refractivity contribution in [1.82, 2.24) is 10.6 Å². The number of carbonyl (C=O) groups is 1. The first-order valence-electron chi connectivity index (χ1n) is 6.25. The summed E-state index contributed by atoms with van der Waals surface area (Å²) >= 11 is 0. The van der Waals surface area contributed by atoms with Crippen LogP contribution in [-0.4, -0.2) is 25.0 Å². The highest BCUT2D eigenvalue weighted by Crippen LogP contribution is 2.30. The molecular weight excluding hydrogens is 276 g/mol. The molecule has 1 aliphatic heterocycles. The van der Waals surface area contributed by atoms with Crippen molar-refractivity contribution >= 4 is 5.91 Å². The number of halogens is 4. The van der Waals surface area contributed by atoms with E-state index in [-0.39, 0.29) is 11.6 Å². The fourth-order valence-electron chi connectivity index (χ4n) is 2.12. The first-order valence-corrected chi connectivity index (χ1v) is 6.25. The zero-order valence-corrected chi connectivity index (χ0v) is 10.6. The highest BCUT2D eigenvalue weighted by atomic mass is 19.4. The number of alkyl halides is 3. The maximum absolute atomic E-state index is 13.2. The molecule has 7 heteroatoms. The molecule has 3 nitrogen and oxygen atoms in total. The summed E-state index contributed by atoms with van der Waals surface area (Å²) in [6.45, 7) is 1.48. The van der Waals surface area contributed by atoms with Crippen molar-refractivity contribution in [1.29, 1.82) is 0 Å². The first-order chi connectivity index (χ1) is 9.36. The van der Waals surface area contributed by atoms with Crippen molar-refractivity contribution in [2.45, 2.75) is 25.1 Å². The molecule has 110 valence electrons. The number of hydrogen-bond acceptors (Lipinski definition) is 2. The van der Waals surface area contributed by atoms with E-state index in [0.29, 0.717) is 25.0 Å². The van der Waals surface area contributed by atoms with Crippen molar-refractivity contribution < 1.29 is 22.4 Å². The Bertz CT molecular complexity index is 496. The quantitative estimate of drug-likeness (QED) is 0.821. The van der Waals surface area contributed by atoms with Gasteiger partial charge in [-0.3, -0.25) is 4.79 Å². The Labute approximate surface area is 113 Å². The number of amides is 1. The van der Waals surface area contributed by atoms with E-state index < -0.39 is 23.5 Å². The number of rotatable bonds is 2. The van der Waals surface area contributed by atoms with Gasteiger partial charge in [-0.25, -0.2) is 4.39 Å². The summed E-state index contributed by atoms with van der Waals surface area (Å²) in [4.78, 5) is 11.9. The average Bonchev–Trinajstić information content (AvgIpc) is 2.38. The molecule has 0 radical (unpaired) electrons. The first kappa shape index (κ1) is 14.8. The zero-order chi connectivity index (χ0) is 14.8. The minimum absolute atomic E-state index is 0.0960. The van der Waals surface area contributed by atoms with Crippen molar-refractivity contribution in [3.8, 4) is 0 Å².